The molecule has 0 aliphatic heterocycles. The van der Waals surface area contributed by atoms with E-state index in [0.717, 1.165) is 37.9 Å². The Bertz CT molecular complexity index is 286. The summed E-state index contributed by atoms with van der Waals surface area (Å²) in [6.07, 6.45) is 4.02. The number of halogens is 1. The minimum atomic E-state index is -0.844. The van der Waals surface area contributed by atoms with Crippen LogP contribution in [0.15, 0.2) is 30.3 Å². The standard InChI is InChI=1S/C15H24FN/c1-3-5-7-12-15(16)17(13-4-2)14-10-8-6-9-11-14/h6,8-11,15H,3-5,7,12-13H2,1-2H3. The topological polar surface area (TPSA) is 3.24 Å². The molecule has 96 valence electrons. The SMILES string of the molecule is CCCCCC(F)N(CCC)c1ccccc1. The highest BCUT2D eigenvalue weighted by Crippen LogP contribution is 2.21. The third kappa shape index (κ3) is 4.76. The van der Waals surface area contributed by atoms with Crippen LogP contribution in [0.1, 0.15) is 46.0 Å². The Labute approximate surface area is 105 Å². The largest absolute Gasteiger partial charge is 0.342 e. The van der Waals surface area contributed by atoms with Crippen molar-refractivity contribution < 1.29 is 4.39 Å². The van der Waals surface area contributed by atoms with Crippen LogP contribution in [0, 0.1) is 0 Å². The molecule has 0 heterocycles. The molecule has 1 aromatic carbocycles. The van der Waals surface area contributed by atoms with Gasteiger partial charge in [-0.2, -0.15) is 0 Å². The number of hydrogen-bond acceptors (Lipinski definition) is 1. The van der Waals surface area contributed by atoms with Gasteiger partial charge in [0.15, 0.2) is 6.30 Å². The van der Waals surface area contributed by atoms with Gasteiger partial charge in [-0.1, -0.05) is 44.9 Å². The summed E-state index contributed by atoms with van der Waals surface area (Å²) in [5.74, 6) is 0. The van der Waals surface area contributed by atoms with E-state index in [0.29, 0.717) is 6.42 Å². The molecule has 0 N–H and O–H groups in total. The lowest BCUT2D eigenvalue weighted by Crippen LogP contribution is -2.32. The third-order valence-corrected chi connectivity index (χ3v) is 2.94. The van der Waals surface area contributed by atoms with E-state index in [2.05, 4.69) is 13.8 Å². The van der Waals surface area contributed by atoms with Crippen LogP contribution in [0.5, 0.6) is 0 Å². The molecule has 1 atom stereocenters. The van der Waals surface area contributed by atoms with Gasteiger partial charge in [0.2, 0.25) is 0 Å². The zero-order chi connectivity index (χ0) is 12.5. The smallest absolute Gasteiger partial charge is 0.172 e. The highest BCUT2D eigenvalue weighted by Gasteiger charge is 2.16. The zero-order valence-corrected chi connectivity index (χ0v) is 11.0. The first-order chi connectivity index (χ1) is 8.29. The van der Waals surface area contributed by atoms with Crippen LogP contribution in [-0.4, -0.2) is 12.8 Å². The fraction of sp³-hybridized carbons (Fsp3) is 0.600. The number of hydrogen-bond donors (Lipinski definition) is 0. The van der Waals surface area contributed by atoms with Crippen LogP contribution in [0.4, 0.5) is 10.1 Å². The second kappa shape index (κ2) is 8.10. The monoisotopic (exact) mass is 237 g/mol. The summed E-state index contributed by atoms with van der Waals surface area (Å²) in [6.45, 7) is 5.03. The first kappa shape index (κ1) is 14.0. The number of benzene rings is 1. The Morgan fingerprint density at radius 1 is 1.06 bits per heavy atom. The molecule has 0 saturated carbocycles. The number of unbranched alkanes of at least 4 members (excludes halogenated alkanes) is 2. The van der Waals surface area contributed by atoms with Crippen molar-refractivity contribution in [3.63, 3.8) is 0 Å². The summed E-state index contributed by atoms with van der Waals surface area (Å²) in [6, 6.07) is 9.88. The van der Waals surface area contributed by atoms with E-state index in [1.165, 1.54) is 0 Å². The number of nitrogens with zero attached hydrogens (tertiary/aromatic N) is 1. The molecule has 1 unspecified atom stereocenters. The fourth-order valence-corrected chi connectivity index (χ4v) is 2.01. The molecular formula is C15H24FN. The number of rotatable bonds is 8. The number of para-hydroxylation sites is 1. The van der Waals surface area contributed by atoms with Gasteiger partial charge < -0.3 is 4.90 Å². The van der Waals surface area contributed by atoms with Gasteiger partial charge in [-0.15, -0.1) is 0 Å². The molecule has 0 aliphatic carbocycles. The molecule has 0 aliphatic rings. The Hall–Kier alpha value is -1.05. The Morgan fingerprint density at radius 3 is 2.35 bits per heavy atom. The first-order valence-corrected chi connectivity index (χ1v) is 6.75. The van der Waals surface area contributed by atoms with Crippen LogP contribution in [-0.2, 0) is 0 Å². The second-order valence-corrected chi connectivity index (χ2v) is 4.46. The minimum absolute atomic E-state index is 0.642. The minimum Gasteiger partial charge on any atom is -0.342 e. The van der Waals surface area contributed by atoms with E-state index < -0.39 is 6.30 Å². The van der Waals surface area contributed by atoms with E-state index in [-0.39, 0.29) is 0 Å². The lowest BCUT2D eigenvalue weighted by atomic mass is 10.1. The van der Waals surface area contributed by atoms with Crippen LogP contribution >= 0.6 is 0 Å². The van der Waals surface area contributed by atoms with Gasteiger partial charge in [0.25, 0.3) is 0 Å². The van der Waals surface area contributed by atoms with E-state index in [9.17, 15) is 4.39 Å². The molecule has 0 amide bonds. The van der Waals surface area contributed by atoms with Gasteiger partial charge in [0.05, 0.1) is 0 Å². The van der Waals surface area contributed by atoms with Crippen molar-refractivity contribution in [1.29, 1.82) is 0 Å². The maximum absolute atomic E-state index is 14.2. The maximum Gasteiger partial charge on any atom is 0.172 e. The second-order valence-electron chi connectivity index (χ2n) is 4.46. The molecule has 0 aromatic heterocycles. The first-order valence-electron chi connectivity index (χ1n) is 6.75. The molecule has 17 heavy (non-hydrogen) atoms. The lowest BCUT2D eigenvalue weighted by molar-refractivity contribution is 0.291. The lowest BCUT2D eigenvalue weighted by Gasteiger charge is -2.28. The van der Waals surface area contributed by atoms with Crippen LogP contribution in [0.2, 0.25) is 0 Å². The molecule has 2 heteroatoms. The number of anilines is 1. The van der Waals surface area contributed by atoms with Crippen molar-refractivity contribution in [3.8, 4) is 0 Å². The summed E-state index contributed by atoms with van der Waals surface area (Å²) < 4.78 is 14.2. The van der Waals surface area contributed by atoms with Gasteiger partial charge in [-0.05, 0) is 31.4 Å². The highest BCUT2D eigenvalue weighted by atomic mass is 19.1. The molecule has 0 bridgehead atoms. The van der Waals surface area contributed by atoms with Crippen LogP contribution in [0.25, 0.3) is 0 Å². The van der Waals surface area contributed by atoms with Crippen LogP contribution in [0.3, 0.4) is 0 Å². The molecule has 0 spiro atoms. The van der Waals surface area contributed by atoms with E-state index in [4.69, 9.17) is 0 Å². The van der Waals surface area contributed by atoms with Crippen molar-refractivity contribution in [2.75, 3.05) is 11.4 Å². The van der Waals surface area contributed by atoms with Crippen LogP contribution < -0.4 is 4.90 Å². The molecule has 1 aromatic rings. The Morgan fingerprint density at radius 2 is 1.76 bits per heavy atom. The molecule has 0 radical (unpaired) electrons. The molecule has 0 fully saturated rings. The molecular weight excluding hydrogens is 213 g/mol. The normalized spacial score (nSPS) is 12.4. The summed E-state index contributed by atoms with van der Waals surface area (Å²) >= 11 is 0. The van der Waals surface area contributed by atoms with Crippen molar-refractivity contribution in [2.45, 2.75) is 52.2 Å². The van der Waals surface area contributed by atoms with Gasteiger partial charge in [0, 0.05) is 12.2 Å². The van der Waals surface area contributed by atoms with Gasteiger partial charge in [-0.25, -0.2) is 4.39 Å². The average molecular weight is 237 g/mol. The summed E-state index contributed by atoms with van der Waals surface area (Å²) in [5.41, 5.74) is 0.998. The molecule has 1 nitrogen and oxygen atoms in total. The summed E-state index contributed by atoms with van der Waals surface area (Å²) in [5, 5.41) is 0. The quantitative estimate of drug-likeness (QED) is 0.464. The van der Waals surface area contributed by atoms with E-state index in [1.807, 2.05) is 35.2 Å². The van der Waals surface area contributed by atoms with Crippen molar-refractivity contribution in [3.05, 3.63) is 30.3 Å². The van der Waals surface area contributed by atoms with E-state index in [1.54, 1.807) is 0 Å². The Balaban J connectivity index is 2.58. The van der Waals surface area contributed by atoms with Crippen molar-refractivity contribution >= 4 is 5.69 Å². The number of alkyl halides is 1. The summed E-state index contributed by atoms with van der Waals surface area (Å²) in [7, 11) is 0. The zero-order valence-electron chi connectivity index (χ0n) is 11.0. The molecule has 0 saturated heterocycles. The maximum atomic E-state index is 14.2. The van der Waals surface area contributed by atoms with E-state index >= 15 is 0 Å². The molecule has 1 rings (SSSR count). The predicted octanol–water partition coefficient (Wildman–Crippen LogP) is 4.78. The van der Waals surface area contributed by atoms with Gasteiger partial charge in [0.1, 0.15) is 0 Å². The highest BCUT2D eigenvalue weighted by molar-refractivity contribution is 5.46. The fourth-order valence-electron chi connectivity index (χ4n) is 2.01. The third-order valence-electron chi connectivity index (χ3n) is 2.94. The Kier molecular flexibility index (Phi) is 6.68. The van der Waals surface area contributed by atoms with Gasteiger partial charge in [-0.3, -0.25) is 0 Å². The van der Waals surface area contributed by atoms with Crippen molar-refractivity contribution in [2.24, 2.45) is 0 Å². The summed E-state index contributed by atoms with van der Waals surface area (Å²) in [4.78, 5) is 1.88. The predicted molar refractivity (Wildman–Crippen MR) is 73.1 cm³/mol. The average Bonchev–Trinajstić information content (AvgIpc) is 2.37. The van der Waals surface area contributed by atoms with Gasteiger partial charge >= 0.3 is 0 Å². The van der Waals surface area contributed by atoms with Crippen molar-refractivity contribution in [1.82, 2.24) is 0 Å².